The number of methoxy groups -OCH3 is 1. The van der Waals surface area contributed by atoms with Crippen molar-refractivity contribution in [3.63, 3.8) is 0 Å². The van der Waals surface area contributed by atoms with Gasteiger partial charge in [-0.1, -0.05) is 12.1 Å². The van der Waals surface area contributed by atoms with Crippen molar-refractivity contribution in [3.8, 4) is 11.5 Å². The summed E-state index contributed by atoms with van der Waals surface area (Å²) in [5.74, 6) is 0.989. The largest absolute Gasteiger partial charge is 0.496 e. The van der Waals surface area contributed by atoms with E-state index in [4.69, 9.17) is 9.47 Å². The third kappa shape index (κ3) is 5.37. The molecule has 1 amide bonds. The molecule has 7 heteroatoms. The van der Waals surface area contributed by atoms with Gasteiger partial charge in [-0.15, -0.1) is 0 Å². The van der Waals surface area contributed by atoms with Gasteiger partial charge in [-0.05, 0) is 67.8 Å². The van der Waals surface area contributed by atoms with Crippen LogP contribution in [0.15, 0.2) is 56.5 Å². The molecule has 0 aliphatic carbocycles. The second-order valence-corrected chi connectivity index (χ2v) is 6.11. The van der Waals surface area contributed by atoms with Crippen molar-refractivity contribution >= 4 is 44.0 Å². The summed E-state index contributed by atoms with van der Waals surface area (Å²) in [6, 6.07) is 12.8. The Morgan fingerprint density at radius 1 is 1.17 bits per heavy atom. The third-order valence-electron chi connectivity index (χ3n) is 2.77. The number of amides is 1. The van der Waals surface area contributed by atoms with E-state index in [2.05, 4.69) is 42.4 Å². The van der Waals surface area contributed by atoms with E-state index in [0.29, 0.717) is 5.75 Å². The van der Waals surface area contributed by atoms with Gasteiger partial charge in [-0.2, -0.15) is 5.10 Å². The average molecular weight is 442 g/mol. The number of hydrogen-bond acceptors (Lipinski definition) is 4. The van der Waals surface area contributed by atoms with E-state index in [1.54, 1.807) is 19.4 Å². The molecular weight excluding hydrogens is 428 g/mol. The van der Waals surface area contributed by atoms with Crippen LogP contribution in [0.5, 0.6) is 11.5 Å². The van der Waals surface area contributed by atoms with Crippen LogP contribution in [-0.2, 0) is 4.79 Å². The summed E-state index contributed by atoms with van der Waals surface area (Å²) >= 11 is 6.73. The first-order valence-corrected chi connectivity index (χ1v) is 8.21. The molecule has 0 saturated heterocycles. The van der Waals surface area contributed by atoms with Crippen molar-refractivity contribution in [3.05, 3.63) is 57.0 Å². The van der Waals surface area contributed by atoms with Gasteiger partial charge in [0.1, 0.15) is 11.5 Å². The molecule has 0 aliphatic rings. The fraction of sp³-hybridized carbons (Fsp3) is 0.125. The van der Waals surface area contributed by atoms with Crippen molar-refractivity contribution in [2.45, 2.75) is 0 Å². The Balaban J connectivity index is 1.84. The van der Waals surface area contributed by atoms with E-state index in [-0.39, 0.29) is 12.5 Å². The highest BCUT2D eigenvalue weighted by Gasteiger charge is 2.04. The molecule has 2 rings (SSSR count). The molecule has 120 valence electrons. The maximum atomic E-state index is 11.7. The summed E-state index contributed by atoms with van der Waals surface area (Å²) in [6.07, 6.45) is 1.54. The Morgan fingerprint density at radius 2 is 1.96 bits per heavy atom. The molecule has 0 aliphatic heterocycles. The molecule has 0 aromatic heterocycles. The van der Waals surface area contributed by atoms with Gasteiger partial charge in [0.25, 0.3) is 5.91 Å². The molecule has 0 bridgehead atoms. The van der Waals surface area contributed by atoms with E-state index in [1.807, 2.05) is 36.4 Å². The number of nitrogens with one attached hydrogen (secondary N) is 1. The second kappa shape index (κ2) is 8.69. The summed E-state index contributed by atoms with van der Waals surface area (Å²) < 4.78 is 12.1. The van der Waals surface area contributed by atoms with Gasteiger partial charge in [-0.25, -0.2) is 5.43 Å². The molecule has 0 spiro atoms. The summed E-state index contributed by atoms with van der Waals surface area (Å²) in [7, 11) is 1.60. The smallest absolute Gasteiger partial charge is 0.277 e. The number of benzene rings is 2. The lowest BCUT2D eigenvalue weighted by Crippen LogP contribution is -2.24. The first-order chi connectivity index (χ1) is 11.1. The number of rotatable bonds is 6. The van der Waals surface area contributed by atoms with Crippen molar-refractivity contribution in [2.24, 2.45) is 5.10 Å². The average Bonchev–Trinajstić information content (AvgIpc) is 2.54. The Kier molecular flexibility index (Phi) is 6.61. The van der Waals surface area contributed by atoms with Crippen LogP contribution in [0, 0.1) is 0 Å². The van der Waals surface area contributed by atoms with E-state index in [1.165, 1.54) is 0 Å². The quantitative estimate of drug-likeness (QED) is 0.548. The van der Waals surface area contributed by atoms with Crippen LogP contribution >= 0.6 is 31.9 Å². The second-order valence-electron chi connectivity index (χ2n) is 4.41. The van der Waals surface area contributed by atoms with Crippen molar-refractivity contribution < 1.29 is 14.3 Å². The van der Waals surface area contributed by atoms with Crippen LogP contribution in [0.25, 0.3) is 0 Å². The minimum absolute atomic E-state index is 0.119. The normalized spacial score (nSPS) is 10.6. The lowest BCUT2D eigenvalue weighted by Gasteiger charge is -2.06. The van der Waals surface area contributed by atoms with Crippen molar-refractivity contribution in [1.29, 1.82) is 0 Å². The highest BCUT2D eigenvalue weighted by Crippen LogP contribution is 2.25. The van der Waals surface area contributed by atoms with Crippen LogP contribution < -0.4 is 14.9 Å². The van der Waals surface area contributed by atoms with Crippen molar-refractivity contribution in [2.75, 3.05) is 13.7 Å². The molecule has 2 aromatic rings. The van der Waals surface area contributed by atoms with Gasteiger partial charge in [-0.3, -0.25) is 4.79 Å². The van der Waals surface area contributed by atoms with Crippen LogP contribution in [0.1, 0.15) is 5.56 Å². The minimum atomic E-state index is -0.343. The fourth-order valence-corrected chi connectivity index (χ4v) is 2.64. The van der Waals surface area contributed by atoms with Gasteiger partial charge in [0.2, 0.25) is 0 Å². The van der Waals surface area contributed by atoms with Gasteiger partial charge in [0.05, 0.1) is 22.3 Å². The maximum Gasteiger partial charge on any atom is 0.277 e. The molecule has 0 unspecified atom stereocenters. The summed E-state index contributed by atoms with van der Waals surface area (Å²) in [4.78, 5) is 11.7. The molecular formula is C16H14Br2N2O3. The molecule has 0 radical (unpaired) electrons. The number of hydrogen-bond donors (Lipinski definition) is 1. The van der Waals surface area contributed by atoms with Crippen LogP contribution in [-0.4, -0.2) is 25.8 Å². The van der Waals surface area contributed by atoms with Gasteiger partial charge in [0, 0.05) is 0 Å². The molecule has 0 atom stereocenters. The first kappa shape index (κ1) is 17.5. The summed E-state index contributed by atoms with van der Waals surface area (Å²) in [5, 5.41) is 3.89. The maximum absolute atomic E-state index is 11.7. The molecule has 5 nitrogen and oxygen atoms in total. The Hall–Kier alpha value is -1.86. The summed E-state index contributed by atoms with van der Waals surface area (Å²) in [6.45, 7) is -0.119. The molecule has 0 fully saturated rings. The SMILES string of the molecule is COc1ccc(/C=N/NC(=O)COc2ccccc2Br)cc1Br. The van der Waals surface area contributed by atoms with Gasteiger partial charge in [0.15, 0.2) is 6.61 Å². The Bertz CT molecular complexity index is 720. The van der Waals surface area contributed by atoms with E-state index < -0.39 is 0 Å². The number of carbonyl (C=O) groups excluding carboxylic acids is 1. The number of halogens is 2. The highest BCUT2D eigenvalue weighted by atomic mass is 79.9. The van der Waals surface area contributed by atoms with Gasteiger partial charge < -0.3 is 9.47 Å². The van der Waals surface area contributed by atoms with Crippen LogP contribution in [0.4, 0.5) is 0 Å². The number of nitrogens with zero attached hydrogens (tertiary/aromatic N) is 1. The Labute approximate surface area is 150 Å². The standard InChI is InChI=1S/C16H14Br2N2O3/c1-22-14-7-6-11(8-13(14)18)9-19-20-16(21)10-23-15-5-3-2-4-12(15)17/h2-9H,10H2,1H3,(H,20,21)/b19-9+. The monoisotopic (exact) mass is 440 g/mol. The van der Waals surface area contributed by atoms with E-state index in [0.717, 1.165) is 20.3 Å². The van der Waals surface area contributed by atoms with E-state index in [9.17, 15) is 4.79 Å². The van der Waals surface area contributed by atoms with E-state index >= 15 is 0 Å². The molecule has 0 saturated carbocycles. The zero-order valence-corrected chi connectivity index (χ0v) is 15.4. The topological polar surface area (TPSA) is 59.9 Å². The number of carbonyl (C=O) groups is 1. The predicted octanol–water partition coefficient (Wildman–Crippen LogP) is 3.75. The zero-order chi connectivity index (χ0) is 16.7. The lowest BCUT2D eigenvalue weighted by atomic mass is 10.2. The molecule has 23 heavy (non-hydrogen) atoms. The fourth-order valence-electron chi connectivity index (χ4n) is 1.68. The van der Waals surface area contributed by atoms with Crippen LogP contribution in [0.3, 0.4) is 0 Å². The molecule has 0 heterocycles. The van der Waals surface area contributed by atoms with Gasteiger partial charge >= 0.3 is 0 Å². The number of ether oxygens (including phenoxy) is 2. The lowest BCUT2D eigenvalue weighted by molar-refractivity contribution is -0.123. The zero-order valence-electron chi connectivity index (χ0n) is 12.3. The minimum Gasteiger partial charge on any atom is -0.496 e. The highest BCUT2D eigenvalue weighted by molar-refractivity contribution is 9.10. The van der Waals surface area contributed by atoms with Crippen molar-refractivity contribution in [1.82, 2.24) is 5.43 Å². The first-order valence-electron chi connectivity index (χ1n) is 6.63. The predicted molar refractivity (Wildman–Crippen MR) is 96.1 cm³/mol. The molecule has 1 N–H and O–H groups in total. The Morgan fingerprint density at radius 3 is 2.65 bits per heavy atom. The van der Waals surface area contributed by atoms with Crippen LogP contribution in [0.2, 0.25) is 0 Å². The number of hydrazone groups is 1. The molecule has 2 aromatic carbocycles. The summed E-state index contributed by atoms with van der Waals surface area (Å²) in [5.41, 5.74) is 3.24. The third-order valence-corrected chi connectivity index (χ3v) is 4.05. The number of para-hydroxylation sites is 1.